The minimum Gasteiger partial charge on any atom is -0.478 e. The Morgan fingerprint density at radius 1 is 1.15 bits per heavy atom. The van der Waals surface area contributed by atoms with Gasteiger partial charge in [-0.2, -0.15) is 0 Å². The number of carboxylic acid groups (broad SMARTS) is 1. The van der Waals surface area contributed by atoms with Crippen LogP contribution in [-0.4, -0.2) is 23.7 Å². The molecule has 1 aromatic carbocycles. The molecule has 0 fully saturated rings. The lowest BCUT2D eigenvalue weighted by molar-refractivity contribution is 0.0427. The van der Waals surface area contributed by atoms with Crippen LogP contribution < -0.4 is 0 Å². The lowest BCUT2D eigenvalue weighted by Crippen LogP contribution is -2.14. The molecule has 0 aliphatic carbocycles. The van der Waals surface area contributed by atoms with E-state index in [4.69, 9.17) is 9.84 Å². The molecule has 0 spiro atoms. The quantitative estimate of drug-likeness (QED) is 0.735. The van der Waals surface area contributed by atoms with Crippen molar-refractivity contribution in [3.05, 3.63) is 35.4 Å². The zero-order chi connectivity index (χ0) is 15.0. The van der Waals surface area contributed by atoms with Crippen LogP contribution in [0.15, 0.2) is 24.3 Å². The van der Waals surface area contributed by atoms with E-state index < -0.39 is 11.9 Å². The Hall–Kier alpha value is -1.84. The molecule has 20 heavy (non-hydrogen) atoms. The fourth-order valence-corrected chi connectivity index (χ4v) is 1.92. The van der Waals surface area contributed by atoms with Crippen LogP contribution in [0, 0.1) is 5.92 Å². The highest BCUT2D eigenvalue weighted by Crippen LogP contribution is 2.14. The first kappa shape index (κ1) is 16.2. The molecular weight excluding hydrogens is 256 g/mol. The number of benzene rings is 1. The van der Waals surface area contributed by atoms with Gasteiger partial charge in [-0.3, -0.25) is 0 Å². The predicted molar refractivity (Wildman–Crippen MR) is 77.0 cm³/mol. The number of rotatable bonds is 8. The van der Waals surface area contributed by atoms with Gasteiger partial charge in [-0.25, -0.2) is 9.59 Å². The number of ether oxygens (including phenoxy) is 1. The van der Waals surface area contributed by atoms with E-state index in [2.05, 4.69) is 13.8 Å². The van der Waals surface area contributed by atoms with Gasteiger partial charge in [-0.1, -0.05) is 33.1 Å². The number of carbonyl (C=O) groups excluding carboxylic acids is 1. The molecule has 0 unspecified atom stereocenters. The third-order valence-electron chi connectivity index (χ3n) is 3.36. The molecule has 0 saturated carbocycles. The minimum absolute atomic E-state index is 0.163. The molecule has 0 radical (unpaired) electrons. The molecule has 0 aromatic heterocycles. The van der Waals surface area contributed by atoms with Gasteiger partial charge < -0.3 is 9.84 Å². The van der Waals surface area contributed by atoms with E-state index in [9.17, 15) is 9.59 Å². The molecule has 1 rings (SSSR count). The van der Waals surface area contributed by atoms with Gasteiger partial charge in [0.2, 0.25) is 0 Å². The first-order chi connectivity index (χ1) is 9.58. The van der Waals surface area contributed by atoms with Crippen molar-refractivity contribution < 1.29 is 19.4 Å². The molecule has 0 saturated heterocycles. The third kappa shape index (κ3) is 5.03. The molecule has 0 aliphatic rings. The summed E-state index contributed by atoms with van der Waals surface area (Å²) in [6.45, 7) is 4.66. The summed E-state index contributed by atoms with van der Waals surface area (Å²) in [5, 5.41) is 8.79. The Bertz CT molecular complexity index is 436. The summed E-state index contributed by atoms with van der Waals surface area (Å²) in [7, 11) is 0. The maximum atomic E-state index is 11.9. The van der Waals surface area contributed by atoms with Crippen LogP contribution in [0.1, 0.15) is 60.2 Å². The van der Waals surface area contributed by atoms with Crippen molar-refractivity contribution in [1.29, 1.82) is 0 Å². The van der Waals surface area contributed by atoms with Crippen LogP contribution in [0.4, 0.5) is 0 Å². The predicted octanol–water partition coefficient (Wildman–Crippen LogP) is 3.76. The Balaban J connectivity index is 2.51. The number of unbranched alkanes of at least 4 members (excludes halogenated alkanes) is 1. The fraction of sp³-hybridized carbons (Fsp3) is 0.500. The maximum Gasteiger partial charge on any atom is 0.338 e. The summed E-state index contributed by atoms with van der Waals surface area (Å²) in [6.07, 6.45) is 4.34. The standard InChI is InChI=1S/C16H22O4/c1-3-5-6-12(4-2)11-20-16(19)14-9-7-13(8-10-14)15(17)18/h7-10,12H,3-6,11H2,1-2H3,(H,17,18)/t12-/m1/s1. The van der Waals surface area contributed by atoms with E-state index in [0.29, 0.717) is 18.1 Å². The number of carboxylic acids is 1. The molecule has 1 atom stereocenters. The highest BCUT2D eigenvalue weighted by Gasteiger charge is 2.12. The Labute approximate surface area is 119 Å². The zero-order valence-electron chi connectivity index (χ0n) is 12.1. The second kappa shape index (κ2) is 8.35. The van der Waals surface area contributed by atoms with E-state index in [1.807, 2.05) is 0 Å². The summed E-state index contributed by atoms with van der Waals surface area (Å²) in [5.74, 6) is -0.996. The van der Waals surface area contributed by atoms with E-state index in [1.165, 1.54) is 24.3 Å². The van der Waals surface area contributed by atoms with E-state index in [1.54, 1.807) is 0 Å². The number of hydrogen-bond acceptors (Lipinski definition) is 3. The average molecular weight is 278 g/mol. The molecular formula is C16H22O4. The SMILES string of the molecule is CCCC[C@@H](CC)COC(=O)c1ccc(C(=O)O)cc1. The van der Waals surface area contributed by atoms with Gasteiger partial charge in [0.1, 0.15) is 0 Å². The lowest BCUT2D eigenvalue weighted by Gasteiger charge is -2.14. The van der Waals surface area contributed by atoms with Crippen LogP contribution in [-0.2, 0) is 4.74 Å². The van der Waals surface area contributed by atoms with Crippen molar-refractivity contribution in [2.75, 3.05) is 6.61 Å². The van der Waals surface area contributed by atoms with E-state index >= 15 is 0 Å². The van der Waals surface area contributed by atoms with Crippen LogP contribution in [0.5, 0.6) is 0 Å². The van der Waals surface area contributed by atoms with Gasteiger partial charge in [-0.15, -0.1) is 0 Å². The molecule has 110 valence electrons. The number of aromatic carboxylic acids is 1. The fourth-order valence-electron chi connectivity index (χ4n) is 1.92. The van der Waals surface area contributed by atoms with E-state index in [0.717, 1.165) is 25.7 Å². The first-order valence-corrected chi connectivity index (χ1v) is 7.08. The second-order valence-electron chi connectivity index (χ2n) is 4.90. The third-order valence-corrected chi connectivity index (χ3v) is 3.36. The van der Waals surface area contributed by atoms with Crippen molar-refractivity contribution in [1.82, 2.24) is 0 Å². The van der Waals surface area contributed by atoms with Gasteiger partial charge in [-0.05, 0) is 36.6 Å². The summed E-state index contributed by atoms with van der Waals surface area (Å²) in [4.78, 5) is 22.6. The lowest BCUT2D eigenvalue weighted by atomic mass is 10.0. The van der Waals surface area contributed by atoms with Crippen molar-refractivity contribution >= 4 is 11.9 Å². The summed E-state index contributed by atoms with van der Waals surface area (Å²) in [5.41, 5.74) is 0.552. The van der Waals surface area contributed by atoms with Crippen LogP contribution in [0.3, 0.4) is 0 Å². The van der Waals surface area contributed by atoms with Crippen molar-refractivity contribution in [3.63, 3.8) is 0 Å². The smallest absolute Gasteiger partial charge is 0.338 e. The zero-order valence-corrected chi connectivity index (χ0v) is 12.1. The van der Waals surface area contributed by atoms with Gasteiger partial charge in [0.05, 0.1) is 17.7 Å². The van der Waals surface area contributed by atoms with Gasteiger partial charge >= 0.3 is 11.9 Å². The highest BCUT2D eigenvalue weighted by molar-refractivity contribution is 5.92. The van der Waals surface area contributed by atoms with Crippen LogP contribution in [0.2, 0.25) is 0 Å². The summed E-state index contributed by atoms with van der Waals surface area (Å²) in [6, 6.07) is 5.79. The Kier molecular flexibility index (Phi) is 6.77. The van der Waals surface area contributed by atoms with Gasteiger partial charge in [0.25, 0.3) is 0 Å². The Morgan fingerprint density at radius 3 is 2.25 bits per heavy atom. The van der Waals surface area contributed by atoms with Crippen molar-refractivity contribution in [2.45, 2.75) is 39.5 Å². The van der Waals surface area contributed by atoms with Crippen LogP contribution >= 0.6 is 0 Å². The normalized spacial score (nSPS) is 11.9. The second-order valence-corrected chi connectivity index (χ2v) is 4.90. The molecule has 0 bridgehead atoms. The van der Waals surface area contributed by atoms with Crippen molar-refractivity contribution in [3.8, 4) is 0 Å². The summed E-state index contributed by atoms with van der Waals surface area (Å²) < 4.78 is 5.29. The highest BCUT2D eigenvalue weighted by atomic mass is 16.5. The first-order valence-electron chi connectivity index (χ1n) is 7.08. The average Bonchev–Trinajstić information content (AvgIpc) is 2.47. The largest absolute Gasteiger partial charge is 0.478 e. The monoisotopic (exact) mass is 278 g/mol. The van der Waals surface area contributed by atoms with Crippen LogP contribution in [0.25, 0.3) is 0 Å². The molecule has 1 aromatic rings. The minimum atomic E-state index is -1.00. The maximum absolute atomic E-state index is 11.9. The molecule has 0 aliphatic heterocycles. The molecule has 4 heteroatoms. The summed E-state index contributed by atoms with van der Waals surface area (Å²) >= 11 is 0. The molecule has 4 nitrogen and oxygen atoms in total. The van der Waals surface area contributed by atoms with Crippen molar-refractivity contribution in [2.24, 2.45) is 5.92 Å². The molecule has 1 N–H and O–H groups in total. The Morgan fingerprint density at radius 2 is 1.75 bits per heavy atom. The topological polar surface area (TPSA) is 63.6 Å². The van der Waals surface area contributed by atoms with Gasteiger partial charge in [0, 0.05) is 0 Å². The number of esters is 1. The molecule has 0 amide bonds. The number of hydrogen-bond donors (Lipinski definition) is 1. The molecule has 0 heterocycles. The van der Waals surface area contributed by atoms with E-state index in [-0.39, 0.29) is 5.56 Å². The number of carbonyl (C=O) groups is 2. The van der Waals surface area contributed by atoms with Gasteiger partial charge in [0.15, 0.2) is 0 Å².